The van der Waals surface area contributed by atoms with E-state index in [1.165, 1.54) is 18.4 Å². The average molecular weight is 305 g/mol. The summed E-state index contributed by atoms with van der Waals surface area (Å²) in [4.78, 5) is 6.85. The van der Waals surface area contributed by atoms with Crippen molar-refractivity contribution in [2.75, 3.05) is 13.2 Å². The molecular formula is C17H21ClN2O. The molecule has 0 radical (unpaired) electrons. The number of halogens is 1. The van der Waals surface area contributed by atoms with Crippen molar-refractivity contribution in [3.05, 3.63) is 40.5 Å². The molecule has 0 saturated carbocycles. The summed E-state index contributed by atoms with van der Waals surface area (Å²) in [5.41, 5.74) is 3.18. The van der Waals surface area contributed by atoms with E-state index in [0.717, 1.165) is 36.0 Å². The molecule has 21 heavy (non-hydrogen) atoms. The number of nitrogens with zero attached hydrogens (tertiary/aromatic N) is 2. The molecule has 112 valence electrons. The van der Waals surface area contributed by atoms with Gasteiger partial charge in [-0.2, -0.15) is 0 Å². The highest BCUT2D eigenvalue weighted by molar-refractivity contribution is 6.30. The Hall–Kier alpha value is -1.16. The van der Waals surface area contributed by atoms with E-state index in [2.05, 4.69) is 41.1 Å². The Morgan fingerprint density at radius 1 is 1.33 bits per heavy atom. The molecule has 3 rings (SSSR count). The van der Waals surface area contributed by atoms with E-state index in [-0.39, 0.29) is 12.6 Å². The van der Waals surface area contributed by atoms with Crippen LogP contribution in [0.4, 0.5) is 0 Å². The zero-order valence-corrected chi connectivity index (χ0v) is 13.1. The molecule has 0 aliphatic carbocycles. The maximum absolute atomic E-state index is 9.52. The Labute approximate surface area is 130 Å². The number of aryl methyl sites for hydroxylation is 1. The maximum atomic E-state index is 9.52. The number of piperidine rings is 1. The third-order valence-electron chi connectivity index (χ3n) is 4.33. The molecule has 1 aliphatic heterocycles. The molecular weight excluding hydrogens is 284 g/mol. The molecule has 4 heteroatoms. The lowest BCUT2D eigenvalue weighted by molar-refractivity contribution is 0.0841. The summed E-state index contributed by atoms with van der Waals surface area (Å²) in [5.74, 6) is 0. The molecule has 2 aromatic rings. The Morgan fingerprint density at radius 3 is 3.00 bits per heavy atom. The van der Waals surface area contributed by atoms with E-state index in [0.29, 0.717) is 5.15 Å². The number of fused-ring (bicyclic) bond motifs is 1. The highest BCUT2D eigenvalue weighted by Crippen LogP contribution is 2.25. The lowest BCUT2D eigenvalue weighted by Gasteiger charge is -2.34. The average Bonchev–Trinajstić information content (AvgIpc) is 2.49. The van der Waals surface area contributed by atoms with Crippen LogP contribution in [0.25, 0.3) is 10.9 Å². The highest BCUT2D eigenvalue weighted by atomic mass is 35.5. The lowest BCUT2D eigenvalue weighted by atomic mass is 10.0. The van der Waals surface area contributed by atoms with Gasteiger partial charge in [0.05, 0.1) is 12.1 Å². The SMILES string of the molecule is Cc1ccc2cc(CN3CCCCC3CO)c(Cl)nc2c1. The Bertz CT molecular complexity index is 644. The number of aliphatic hydroxyl groups excluding tert-OH is 1. The summed E-state index contributed by atoms with van der Waals surface area (Å²) >= 11 is 6.37. The van der Waals surface area contributed by atoms with Crippen LogP contribution in [0.3, 0.4) is 0 Å². The van der Waals surface area contributed by atoms with Crippen molar-refractivity contribution < 1.29 is 5.11 Å². The first-order chi connectivity index (χ1) is 10.2. The minimum Gasteiger partial charge on any atom is -0.395 e. The van der Waals surface area contributed by atoms with Crippen molar-refractivity contribution in [1.29, 1.82) is 0 Å². The van der Waals surface area contributed by atoms with Crippen LogP contribution < -0.4 is 0 Å². The molecule has 1 atom stereocenters. The molecule has 1 fully saturated rings. The number of aliphatic hydroxyl groups is 1. The van der Waals surface area contributed by atoms with Crippen LogP contribution in [0, 0.1) is 6.92 Å². The minimum absolute atomic E-state index is 0.220. The predicted molar refractivity (Wildman–Crippen MR) is 86.6 cm³/mol. The van der Waals surface area contributed by atoms with Gasteiger partial charge >= 0.3 is 0 Å². The van der Waals surface area contributed by atoms with Crippen LogP contribution in [-0.2, 0) is 6.54 Å². The summed E-state index contributed by atoms with van der Waals surface area (Å²) in [6, 6.07) is 8.63. The molecule has 1 aliphatic rings. The van der Waals surface area contributed by atoms with E-state index in [1.807, 2.05) is 0 Å². The van der Waals surface area contributed by atoms with Gasteiger partial charge in [0.2, 0.25) is 0 Å². The van der Waals surface area contributed by atoms with Gasteiger partial charge in [-0.1, -0.05) is 30.2 Å². The molecule has 1 aromatic carbocycles. The number of hydrogen-bond acceptors (Lipinski definition) is 3. The van der Waals surface area contributed by atoms with Gasteiger partial charge in [-0.05, 0) is 44.0 Å². The van der Waals surface area contributed by atoms with Gasteiger partial charge in [-0.3, -0.25) is 4.90 Å². The number of hydrogen-bond donors (Lipinski definition) is 1. The second-order valence-corrected chi connectivity index (χ2v) is 6.30. The lowest BCUT2D eigenvalue weighted by Crippen LogP contribution is -2.41. The molecule has 1 aromatic heterocycles. The Balaban J connectivity index is 1.89. The quantitative estimate of drug-likeness (QED) is 0.881. The molecule has 1 unspecified atom stereocenters. The maximum Gasteiger partial charge on any atom is 0.134 e. The second-order valence-electron chi connectivity index (χ2n) is 5.94. The van der Waals surface area contributed by atoms with Crippen molar-refractivity contribution in [3.8, 4) is 0 Å². The van der Waals surface area contributed by atoms with Gasteiger partial charge in [0.15, 0.2) is 0 Å². The highest BCUT2D eigenvalue weighted by Gasteiger charge is 2.22. The minimum atomic E-state index is 0.220. The van der Waals surface area contributed by atoms with E-state index < -0.39 is 0 Å². The van der Waals surface area contributed by atoms with Crippen LogP contribution in [0.15, 0.2) is 24.3 Å². The summed E-state index contributed by atoms with van der Waals surface area (Å²) < 4.78 is 0. The Kier molecular flexibility index (Phi) is 4.43. The fourth-order valence-corrected chi connectivity index (χ4v) is 3.31. The second kappa shape index (κ2) is 6.30. The first-order valence-electron chi connectivity index (χ1n) is 7.58. The number of rotatable bonds is 3. The monoisotopic (exact) mass is 304 g/mol. The fraction of sp³-hybridized carbons (Fsp3) is 0.471. The van der Waals surface area contributed by atoms with Crippen molar-refractivity contribution in [2.45, 2.75) is 38.8 Å². The fourth-order valence-electron chi connectivity index (χ4n) is 3.10. The zero-order valence-electron chi connectivity index (χ0n) is 12.3. The topological polar surface area (TPSA) is 36.4 Å². The molecule has 2 heterocycles. The standard InChI is InChI=1S/C17H21ClN2O/c1-12-5-6-13-9-14(17(18)19-16(13)8-12)10-20-7-3-2-4-15(20)11-21/h5-6,8-9,15,21H,2-4,7,10-11H2,1H3. The van der Waals surface area contributed by atoms with Crippen LogP contribution >= 0.6 is 11.6 Å². The Morgan fingerprint density at radius 2 is 2.19 bits per heavy atom. The van der Waals surface area contributed by atoms with Crippen LogP contribution in [-0.4, -0.2) is 34.2 Å². The first-order valence-corrected chi connectivity index (χ1v) is 7.96. The van der Waals surface area contributed by atoms with Gasteiger partial charge in [-0.15, -0.1) is 0 Å². The normalized spacial score (nSPS) is 20.0. The molecule has 0 bridgehead atoms. The van der Waals surface area contributed by atoms with Gasteiger partial charge in [0.1, 0.15) is 5.15 Å². The predicted octanol–water partition coefficient (Wildman–Crippen LogP) is 3.54. The van der Waals surface area contributed by atoms with E-state index in [9.17, 15) is 5.11 Å². The summed E-state index contributed by atoms with van der Waals surface area (Å²) in [6.45, 7) is 4.06. The largest absolute Gasteiger partial charge is 0.395 e. The molecule has 1 saturated heterocycles. The van der Waals surface area contributed by atoms with Crippen LogP contribution in [0.2, 0.25) is 5.15 Å². The van der Waals surface area contributed by atoms with E-state index >= 15 is 0 Å². The van der Waals surface area contributed by atoms with Crippen LogP contribution in [0.5, 0.6) is 0 Å². The third kappa shape index (κ3) is 3.20. The molecule has 0 spiro atoms. The third-order valence-corrected chi connectivity index (χ3v) is 4.66. The number of benzene rings is 1. The summed E-state index contributed by atoms with van der Waals surface area (Å²) in [7, 11) is 0. The summed E-state index contributed by atoms with van der Waals surface area (Å²) in [5, 5.41) is 11.2. The van der Waals surface area contributed by atoms with Gasteiger partial charge in [0.25, 0.3) is 0 Å². The van der Waals surface area contributed by atoms with Crippen LogP contribution in [0.1, 0.15) is 30.4 Å². The van der Waals surface area contributed by atoms with Crippen molar-refractivity contribution in [3.63, 3.8) is 0 Å². The smallest absolute Gasteiger partial charge is 0.134 e. The number of pyridine rings is 1. The zero-order chi connectivity index (χ0) is 14.8. The molecule has 3 nitrogen and oxygen atoms in total. The van der Waals surface area contributed by atoms with Gasteiger partial charge in [0, 0.05) is 23.5 Å². The van der Waals surface area contributed by atoms with Crippen molar-refractivity contribution >= 4 is 22.5 Å². The number of likely N-dealkylation sites (tertiary alicyclic amines) is 1. The van der Waals surface area contributed by atoms with E-state index in [1.54, 1.807) is 0 Å². The summed E-state index contributed by atoms with van der Waals surface area (Å²) in [6.07, 6.45) is 3.45. The van der Waals surface area contributed by atoms with E-state index in [4.69, 9.17) is 11.6 Å². The number of aromatic nitrogens is 1. The van der Waals surface area contributed by atoms with Gasteiger partial charge in [-0.25, -0.2) is 4.98 Å². The molecule has 0 amide bonds. The van der Waals surface area contributed by atoms with Crippen molar-refractivity contribution in [1.82, 2.24) is 9.88 Å². The first kappa shape index (κ1) is 14.8. The molecule has 1 N–H and O–H groups in total. The van der Waals surface area contributed by atoms with Crippen molar-refractivity contribution in [2.24, 2.45) is 0 Å². The van der Waals surface area contributed by atoms with Gasteiger partial charge < -0.3 is 5.11 Å².